The normalized spacial score (nSPS) is 16.4. The molecule has 33 heavy (non-hydrogen) atoms. The molecule has 0 saturated carbocycles. The van der Waals surface area contributed by atoms with Gasteiger partial charge < -0.3 is 10.1 Å². The molecule has 0 radical (unpaired) electrons. The highest BCUT2D eigenvalue weighted by molar-refractivity contribution is 7.92. The Hall–Kier alpha value is -2.85. The van der Waals surface area contributed by atoms with Crippen molar-refractivity contribution in [3.8, 4) is 5.75 Å². The molecule has 3 aromatic rings. The molecule has 1 aliphatic heterocycles. The molecule has 2 aromatic carbocycles. The standard InChI is InChI=1S/C23H27N3O5S2/c1-6-25-16-9-8-15(12-20(16)32-22(25)28)24-21(27)19-13-26(33(5,29)30)17-11-14(23(2,3)4)7-10-18(17)31-19/h7-12,19H,6,13H2,1-5H3,(H,24,27)/t19-/m0/s1. The fraction of sp³-hybridized carbons (Fsp3) is 0.391. The first-order chi connectivity index (χ1) is 15.4. The van der Waals surface area contributed by atoms with E-state index in [4.69, 9.17) is 4.74 Å². The van der Waals surface area contributed by atoms with Crippen molar-refractivity contribution < 1.29 is 17.9 Å². The molecule has 1 atom stereocenters. The minimum atomic E-state index is -3.64. The van der Waals surface area contributed by atoms with E-state index in [0.29, 0.717) is 23.7 Å². The molecule has 10 heteroatoms. The fourth-order valence-electron chi connectivity index (χ4n) is 3.83. The Kier molecular flexibility index (Phi) is 5.78. The van der Waals surface area contributed by atoms with E-state index in [9.17, 15) is 18.0 Å². The summed E-state index contributed by atoms with van der Waals surface area (Å²) in [5.41, 5.74) is 2.55. The number of rotatable bonds is 4. The van der Waals surface area contributed by atoms with Crippen LogP contribution < -0.4 is 19.2 Å². The number of nitrogens with zero attached hydrogens (tertiary/aromatic N) is 2. The molecule has 8 nitrogen and oxygen atoms in total. The zero-order valence-electron chi connectivity index (χ0n) is 19.2. The Bertz CT molecular complexity index is 1400. The number of carbonyl (C=O) groups is 1. The number of nitrogens with one attached hydrogen (secondary N) is 1. The highest BCUT2D eigenvalue weighted by atomic mass is 32.2. The third-order valence-corrected chi connectivity index (χ3v) is 7.73. The summed E-state index contributed by atoms with van der Waals surface area (Å²) in [5, 5.41) is 2.80. The number of aryl methyl sites for hydroxylation is 1. The zero-order chi connectivity index (χ0) is 24.1. The number of thiazole rings is 1. The lowest BCUT2D eigenvalue weighted by Gasteiger charge is -2.35. The summed E-state index contributed by atoms with van der Waals surface area (Å²) in [5.74, 6) is -0.121. The van der Waals surface area contributed by atoms with Crippen LogP contribution in [0.2, 0.25) is 0 Å². The summed E-state index contributed by atoms with van der Waals surface area (Å²) in [6.07, 6.45) is 0.0945. The van der Waals surface area contributed by atoms with Gasteiger partial charge in [-0.25, -0.2) is 8.42 Å². The largest absolute Gasteiger partial charge is 0.476 e. The molecule has 0 aliphatic carbocycles. The first kappa shape index (κ1) is 23.3. The maximum atomic E-state index is 13.0. The molecule has 0 spiro atoms. The van der Waals surface area contributed by atoms with Gasteiger partial charge in [0.1, 0.15) is 5.75 Å². The number of amides is 1. The van der Waals surface area contributed by atoms with Crippen molar-refractivity contribution in [3.63, 3.8) is 0 Å². The van der Waals surface area contributed by atoms with Crippen LogP contribution in [0.25, 0.3) is 10.2 Å². The smallest absolute Gasteiger partial charge is 0.308 e. The summed E-state index contributed by atoms with van der Waals surface area (Å²) in [4.78, 5) is 25.1. The maximum Gasteiger partial charge on any atom is 0.308 e. The molecule has 1 aromatic heterocycles. The SMILES string of the molecule is CCn1c(=O)sc2cc(NC(=O)[C@@H]3CN(S(C)(=O)=O)c4cc(C(C)(C)C)ccc4O3)ccc21. The second kappa shape index (κ2) is 8.18. The third-order valence-electron chi connectivity index (χ3n) is 5.64. The van der Waals surface area contributed by atoms with Gasteiger partial charge in [-0.3, -0.25) is 18.5 Å². The number of ether oxygens (including phenoxy) is 1. The molecule has 176 valence electrons. The summed E-state index contributed by atoms with van der Waals surface area (Å²) >= 11 is 1.12. The van der Waals surface area contributed by atoms with Crippen LogP contribution in [0.15, 0.2) is 41.2 Å². The van der Waals surface area contributed by atoms with Crippen LogP contribution in [0, 0.1) is 0 Å². The van der Waals surface area contributed by atoms with Gasteiger partial charge in [0.25, 0.3) is 5.91 Å². The number of hydrogen-bond acceptors (Lipinski definition) is 6. The molecule has 2 heterocycles. The van der Waals surface area contributed by atoms with Gasteiger partial charge in [0.2, 0.25) is 10.0 Å². The van der Waals surface area contributed by atoms with Gasteiger partial charge in [0.15, 0.2) is 6.10 Å². The molecule has 0 fully saturated rings. The van der Waals surface area contributed by atoms with Gasteiger partial charge in [-0.2, -0.15) is 0 Å². The quantitative estimate of drug-likeness (QED) is 0.605. The molecule has 1 N–H and O–H groups in total. The van der Waals surface area contributed by atoms with E-state index in [0.717, 1.165) is 33.4 Å². The predicted molar refractivity (Wildman–Crippen MR) is 132 cm³/mol. The Morgan fingerprint density at radius 1 is 1.21 bits per heavy atom. The number of aromatic nitrogens is 1. The summed E-state index contributed by atoms with van der Waals surface area (Å²) < 4.78 is 34.7. The molecule has 0 bridgehead atoms. The van der Waals surface area contributed by atoms with E-state index in [1.54, 1.807) is 34.9 Å². The number of hydrogen-bond donors (Lipinski definition) is 1. The van der Waals surface area contributed by atoms with Gasteiger partial charge in [-0.15, -0.1) is 0 Å². The third kappa shape index (κ3) is 4.49. The van der Waals surface area contributed by atoms with Crippen molar-refractivity contribution >= 4 is 48.9 Å². The number of carbonyl (C=O) groups excluding carboxylic acids is 1. The molecule has 1 aliphatic rings. The van der Waals surface area contributed by atoms with E-state index >= 15 is 0 Å². The lowest BCUT2D eigenvalue weighted by Crippen LogP contribution is -2.48. The Morgan fingerprint density at radius 3 is 2.58 bits per heavy atom. The first-order valence-corrected chi connectivity index (χ1v) is 13.3. The number of fused-ring (bicyclic) bond motifs is 2. The monoisotopic (exact) mass is 489 g/mol. The second-order valence-electron chi connectivity index (χ2n) is 9.12. The van der Waals surface area contributed by atoms with Gasteiger partial charge in [-0.05, 0) is 48.2 Å². The minimum absolute atomic E-state index is 0.0541. The minimum Gasteiger partial charge on any atom is -0.476 e. The van der Waals surface area contributed by atoms with E-state index in [2.05, 4.69) is 5.32 Å². The van der Waals surface area contributed by atoms with Crippen molar-refractivity contribution in [3.05, 3.63) is 51.6 Å². The highest BCUT2D eigenvalue weighted by Gasteiger charge is 2.36. The van der Waals surface area contributed by atoms with Crippen molar-refractivity contribution in [2.45, 2.75) is 45.8 Å². The van der Waals surface area contributed by atoms with Gasteiger partial charge >= 0.3 is 4.87 Å². The number of benzene rings is 2. The van der Waals surface area contributed by atoms with Crippen LogP contribution in [-0.2, 0) is 26.8 Å². The average Bonchev–Trinajstić information content (AvgIpc) is 3.05. The lowest BCUT2D eigenvalue weighted by atomic mass is 9.86. The van der Waals surface area contributed by atoms with Gasteiger partial charge in [-0.1, -0.05) is 38.2 Å². The summed E-state index contributed by atoms with van der Waals surface area (Å²) in [6, 6.07) is 10.7. The Morgan fingerprint density at radius 2 is 1.94 bits per heavy atom. The van der Waals surface area contributed by atoms with E-state index in [1.807, 2.05) is 33.8 Å². The van der Waals surface area contributed by atoms with E-state index in [-0.39, 0.29) is 16.8 Å². The first-order valence-electron chi connectivity index (χ1n) is 10.6. The molecular weight excluding hydrogens is 462 g/mol. The molecular formula is C23H27N3O5S2. The van der Waals surface area contributed by atoms with E-state index < -0.39 is 22.0 Å². The molecule has 0 saturated heterocycles. The van der Waals surface area contributed by atoms with Crippen LogP contribution in [0.4, 0.5) is 11.4 Å². The summed E-state index contributed by atoms with van der Waals surface area (Å²) in [7, 11) is -3.64. The van der Waals surface area contributed by atoms with Crippen molar-refractivity contribution in [2.75, 3.05) is 22.4 Å². The van der Waals surface area contributed by atoms with Crippen LogP contribution in [0.1, 0.15) is 33.3 Å². The molecule has 1 amide bonds. The highest BCUT2D eigenvalue weighted by Crippen LogP contribution is 2.38. The van der Waals surface area contributed by atoms with Crippen molar-refractivity contribution in [2.24, 2.45) is 0 Å². The topological polar surface area (TPSA) is 97.7 Å². The van der Waals surface area contributed by atoms with Gasteiger partial charge in [0, 0.05) is 12.2 Å². The van der Waals surface area contributed by atoms with Crippen LogP contribution in [0.3, 0.4) is 0 Å². The fourth-order valence-corrected chi connectivity index (χ4v) is 5.74. The molecule has 4 rings (SSSR count). The Labute approximate surface area is 196 Å². The zero-order valence-corrected chi connectivity index (χ0v) is 20.8. The maximum absolute atomic E-state index is 13.0. The predicted octanol–water partition coefficient (Wildman–Crippen LogP) is 3.55. The lowest BCUT2D eigenvalue weighted by molar-refractivity contribution is -0.122. The second-order valence-corrected chi connectivity index (χ2v) is 12.0. The summed E-state index contributed by atoms with van der Waals surface area (Å²) in [6.45, 7) is 8.47. The molecule has 0 unspecified atom stereocenters. The van der Waals surface area contributed by atoms with Crippen molar-refractivity contribution in [1.82, 2.24) is 4.57 Å². The Balaban J connectivity index is 1.63. The number of sulfonamides is 1. The number of anilines is 2. The van der Waals surface area contributed by atoms with Crippen LogP contribution >= 0.6 is 11.3 Å². The van der Waals surface area contributed by atoms with Crippen LogP contribution in [0.5, 0.6) is 5.75 Å². The van der Waals surface area contributed by atoms with Crippen LogP contribution in [-0.4, -0.2) is 37.8 Å². The van der Waals surface area contributed by atoms with E-state index in [1.165, 1.54) is 4.31 Å². The van der Waals surface area contributed by atoms with Gasteiger partial charge in [0.05, 0.1) is 28.7 Å². The van der Waals surface area contributed by atoms with Crippen molar-refractivity contribution in [1.29, 1.82) is 0 Å². The average molecular weight is 490 g/mol.